The van der Waals surface area contributed by atoms with Gasteiger partial charge in [-0.1, -0.05) is 90.1 Å². The Hall–Kier alpha value is -5.59. The number of aliphatic hydroxyl groups excluding tert-OH is 2. The van der Waals surface area contributed by atoms with Crippen molar-refractivity contribution in [1.82, 2.24) is 36.1 Å². The Labute approximate surface area is 498 Å². The van der Waals surface area contributed by atoms with Gasteiger partial charge in [-0.05, 0) is 98.4 Å². The van der Waals surface area contributed by atoms with Gasteiger partial charge in [0.25, 0.3) is 0 Å². The molecule has 3 aromatic rings. The van der Waals surface area contributed by atoms with Crippen LogP contribution in [0.15, 0.2) is 64.7 Å². The number of nitrogens with one attached hydrogen (secondary N) is 4. The minimum atomic E-state index is -0.958. The first-order chi connectivity index (χ1) is 39.5. The number of carbonyl (C=O) groups is 6. The number of aryl methyl sites for hydroxylation is 1. The summed E-state index contributed by atoms with van der Waals surface area (Å²) in [5, 5.41) is 32.7. The third-order valence-electron chi connectivity index (χ3n) is 14.4. The maximum atomic E-state index is 14.0. The SMILES string of the molecule is C=N/C(C)=C(\SC)c1ccc(CNC(=O)[C@@H]2C[C@@H](O)CN2C(=O)[C@@H](NC(=O)COCCCCCOCCOCCCCCOCC(=O)N[C@H](C(=O)N2C[C@H](O)C[C@H]2C(=O)NCc2ccc(-c3scnc3C)cc2)C(C)(C)C)C(C)(C)C)cc1. The van der Waals surface area contributed by atoms with Gasteiger partial charge in [0.2, 0.25) is 35.4 Å². The molecule has 3 heterocycles. The van der Waals surface area contributed by atoms with Crippen LogP contribution in [-0.2, 0) is 60.8 Å². The average molecular weight is 1190 g/mol. The van der Waals surface area contributed by atoms with Gasteiger partial charge in [0.05, 0.1) is 47.2 Å². The molecule has 0 radical (unpaired) electrons. The maximum absolute atomic E-state index is 14.0. The summed E-state index contributed by atoms with van der Waals surface area (Å²) >= 11 is 3.15. The van der Waals surface area contributed by atoms with Crippen molar-refractivity contribution in [3.8, 4) is 10.4 Å². The smallest absolute Gasteiger partial charge is 0.246 e. The fourth-order valence-electron chi connectivity index (χ4n) is 9.76. The first kappa shape index (κ1) is 68.2. The van der Waals surface area contributed by atoms with Gasteiger partial charge in [0.1, 0.15) is 37.4 Å². The number of hydrogen-bond acceptors (Lipinski definition) is 16. The average Bonchev–Trinajstić information content (AvgIpc) is 4.34. The standard InChI is InChI=1S/C61H90N8O12S2/c1-40(62-9)52(82-10)44-21-17-42(18-22-44)33-63-56(74)48-31-46(70)35-68(48)58(76)54(60(3,4)5)66-50(72)37-80-27-15-11-13-25-78-29-30-79-26-14-12-16-28-81-38-51(73)67-55(61(6,7)8)59(77)69-36-47(71)32-49(69)57(75)64-34-43-19-23-45(24-20-43)53-41(2)65-39-83-53/h17-24,39,46-49,54-55,70-71H,9,11-16,25-38H2,1-8,10H3,(H,63,74)(H,64,75)(H,66,72)(H,67,73)/b52-40-/t46-,47-,48+,49+,54-,55-/m1/s1. The molecule has 2 fully saturated rings. The molecule has 0 saturated carbocycles. The minimum absolute atomic E-state index is 0.0142. The normalized spacial score (nSPS) is 18.3. The van der Waals surface area contributed by atoms with Crippen LogP contribution in [0, 0.1) is 17.8 Å². The Kier molecular flexibility index (Phi) is 27.8. The highest BCUT2D eigenvalue weighted by Crippen LogP contribution is 2.31. The number of thioether (sulfide) groups is 1. The molecule has 458 valence electrons. The molecule has 0 aliphatic carbocycles. The number of aliphatic imine (C=N–C) groups is 1. The summed E-state index contributed by atoms with van der Waals surface area (Å²) < 4.78 is 22.7. The number of hydrogen-bond donors (Lipinski definition) is 6. The number of likely N-dealkylation sites (tertiary alicyclic amines) is 2. The second-order valence-electron chi connectivity index (χ2n) is 23.3. The molecule has 0 bridgehead atoms. The summed E-state index contributed by atoms with van der Waals surface area (Å²) in [6.07, 6.45) is 5.13. The predicted molar refractivity (Wildman–Crippen MR) is 324 cm³/mol. The molecule has 2 aliphatic rings. The molecule has 83 heavy (non-hydrogen) atoms. The third-order valence-corrected chi connectivity index (χ3v) is 16.4. The molecule has 0 spiro atoms. The van der Waals surface area contributed by atoms with E-state index in [1.165, 1.54) is 9.80 Å². The van der Waals surface area contributed by atoms with Crippen molar-refractivity contribution in [2.24, 2.45) is 15.8 Å². The first-order valence-electron chi connectivity index (χ1n) is 28.7. The molecule has 22 heteroatoms. The highest BCUT2D eigenvalue weighted by Gasteiger charge is 2.46. The number of aliphatic hydroxyl groups is 2. The zero-order valence-corrected chi connectivity index (χ0v) is 51.7. The highest BCUT2D eigenvalue weighted by atomic mass is 32.2. The number of ether oxygens (including phenoxy) is 4. The molecule has 5 rings (SSSR count). The molecule has 6 amide bonds. The van der Waals surface area contributed by atoms with Crippen LogP contribution in [0.25, 0.3) is 15.3 Å². The molecule has 2 saturated heterocycles. The molecule has 6 atom stereocenters. The number of rotatable bonds is 33. The Morgan fingerprint density at radius 2 is 1.10 bits per heavy atom. The highest BCUT2D eigenvalue weighted by molar-refractivity contribution is 8.07. The summed E-state index contributed by atoms with van der Waals surface area (Å²) in [6, 6.07) is 11.9. The second-order valence-corrected chi connectivity index (χ2v) is 25.0. The zero-order valence-electron chi connectivity index (χ0n) is 50.1. The van der Waals surface area contributed by atoms with Gasteiger partial charge in [-0.15, -0.1) is 23.1 Å². The molecular weight excluding hydrogens is 1100 g/mol. The zero-order chi connectivity index (χ0) is 60.7. The van der Waals surface area contributed by atoms with Crippen LogP contribution in [0.4, 0.5) is 0 Å². The van der Waals surface area contributed by atoms with E-state index in [9.17, 15) is 39.0 Å². The van der Waals surface area contributed by atoms with E-state index in [1.54, 1.807) is 23.1 Å². The van der Waals surface area contributed by atoms with Crippen molar-refractivity contribution in [1.29, 1.82) is 0 Å². The number of β-amino-alcohol motifs (C(OH)–C–C–N with tert-alkyl or cyclic N) is 2. The van der Waals surface area contributed by atoms with Crippen LogP contribution in [-0.4, -0.2) is 176 Å². The van der Waals surface area contributed by atoms with E-state index in [4.69, 9.17) is 18.9 Å². The largest absolute Gasteiger partial charge is 0.391 e. The Morgan fingerprint density at radius 1 is 0.675 bits per heavy atom. The van der Waals surface area contributed by atoms with Crippen LogP contribution < -0.4 is 21.3 Å². The fourth-order valence-corrected chi connectivity index (χ4v) is 11.3. The van der Waals surface area contributed by atoms with E-state index in [1.807, 2.05) is 116 Å². The van der Waals surface area contributed by atoms with E-state index in [2.05, 4.69) is 38.0 Å². The van der Waals surface area contributed by atoms with Crippen molar-refractivity contribution >= 4 is 70.2 Å². The van der Waals surface area contributed by atoms with Crippen molar-refractivity contribution in [3.05, 3.63) is 82.1 Å². The lowest BCUT2D eigenvalue weighted by atomic mass is 9.85. The predicted octanol–water partition coefficient (Wildman–Crippen LogP) is 6.20. The van der Waals surface area contributed by atoms with Gasteiger partial charge in [-0.25, -0.2) is 4.98 Å². The quantitative estimate of drug-likeness (QED) is 0.0294. The molecule has 0 unspecified atom stereocenters. The van der Waals surface area contributed by atoms with Gasteiger partial charge in [0.15, 0.2) is 0 Å². The Balaban J connectivity index is 0.875. The molecule has 20 nitrogen and oxygen atoms in total. The number of amides is 6. The van der Waals surface area contributed by atoms with Crippen molar-refractivity contribution in [2.45, 2.75) is 156 Å². The maximum Gasteiger partial charge on any atom is 0.246 e. The summed E-state index contributed by atoms with van der Waals surface area (Å²) in [7, 11) is 0. The van der Waals surface area contributed by atoms with E-state index in [0.29, 0.717) is 46.1 Å². The van der Waals surface area contributed by atoms with E-state index < -0.39 is 70.8 Å². The van der Waals surface area contributed by atoms with Crippen LogP contribution >= 0.6 is 23.1 Å². The Bertz CT molecular complexity index is 2620. The van der Waals surface area contributed by atoms with E-state index in [0.717, 1.165) is 75.5 Å². The van der Waals surface area contributed by atoms with Gasteiger partial charge in [-0.2, -0.15) is 0 Å². The van der Waals surface area contributed by atoms with Gasteiger partial charge >= 0.3 is 0 Å². The third kappa shape index (κ3) is 21.8. The van der Waals surface area contributed by atoms with Crippen LogP contribution in [0.5, 0.6) is 0 Å². The van der Waals surface area contributed by atoms with Crippen molar-refractivity contribution in [2.75, 3.05) is 72.2 Å². The van der Waals surface area contributed by atoms with Crippen LogP contribution in [0.3, 0.4) is 0 Å². The number of benzene rings is 2. The summed E-state index contributed by atoms with van der Waals surface area (Å²) in [5.74, 6) is -2.52. The van der Waals surface area contributed by atoms with Crippen molar-refractivity contribution < 1.29 is 57.9 Å². The second kappa shape index (κ2) is 33.8. The lowest BCUT2D eigenvalue weighted by molar-refractivity contribution is -0.144. The summed E-state index contributed by atoms with van der Waals surface area (Å²) in [4.78, 5) is 94.2. The van der Waals surface area contributed by atoms with Gasteiger partial charge in [-0.3, -0.25) is 33.8 Å². The fraction of sp³-hybridized carbons (Fsp3) is 0.607. The molecule has 2 aromatic carbocycles. The number of unbranched alkanes of at least 4 members (excludes halogenated alkanes) is 4. The summed E-state index contributed by atoms with van der Waals surface area (Å²) in [5.41, 5.74) is 6.01. The monoisotopic (exact) mass is 1190 g/mol. The molecule has 1 aromatic heterocycles. The van der Waals surface area contributed by atoms with E-state index >= 15 is 0 Å². The number of allylic oxidation sites excluding steroid dienone is 1. The van der Waals surface area contributed by atoms with Gasteiger partial charge in [0, 0.05) is 70.4 Å². The Morgan fingerprint density at radius 3 is 1.48 bits per heavy atom. The first-order valence-corrected chi connectivity index (χ1v) is 30.8. The van der Waals surface area contributed by atoms with Crippen molar-refractivity contribution in [3.63, 3.8) is 0 Å². The lowest BCUT2D eigenvalue weighted by Crippen LogP contribution is -2.58. The minimum Gasteiger partial charge on any atom is -0.391 e. The molecule has 2 aliphatic heterocycles. The van der Waals surface area contributed by atoms with Crippen LogP contribution in [0.1, 0.15) is 122 Å². The summed E-state index contributed by atoms with van der Waals surface area (Å²) in [6.45, 7) is 21.3. The van der Waals surface area contributed by atoms with E-state index in [-0.39, 0.29) is 64.0 Å². The number of nitrogens with zero attached hydrogens (tertiary/aromatic N) is 4. The topological polar surface area (TPSA) is 260 Å². The lowest BCUT2D eigenvalue weighted by Gasteiger charge is -2.35. The molecule has 6 N–H and O–H groups in total. The van der Waals surface area contributed by atoms with Crippen LogP contribution in [0.2, 0.25) is 0 Å². The number of thiazole rings is 1. The number of carbonyl (C=O) groups excluding carboxylic acids is 6. The number of aromatic nitrogens is 1. The molecular formula is C61H90N8O12S2. The van der Waals surface area contributed by atoms with Gasteiger partial charge < -0.3 is 60.2 Å².